The normalized spacial score (nSPS) is 20.3. The van der Waals surface area contributed by atoms with E-state index in [0.29, 0.717) is 19.7 Å². The number of ether oxygens (including phenoxy) is 1. The summed E-state index contributed by atoms with van der Waals surface area (Å²) < 4.78 is 31.9. The highest BCUT2D eigenvalue weighted by Crippen LogP contribution is 2.48. The number of anilines is 1. The number of likely N-dealkylation sites (tertiary alicyclic amines) is 1. The molecule has 0 atom stereocenters. The summed E-state index contributed by atoms with van der Waals surface area (Å²) in [7, 11) is -3.23. The van der Waals surface area contributed by atoms with Crippen LogP contribution < -0.4 is 10.1 Å². The molecule has 2 aliphatic rings. The van der Waals surface area contributed by atoms with Crippen LogP contribution in [0.1, 0.15) is 38.7 Å². The van der Waals surface area contributed by atoms with Crippen molar-refractivity contribution in [3.05, 3.63) is 60.2 Å². The Morgan fingerprint density at radius 2 is 1.68 bits per heavy atom. The third-order valence-corrected chi connectivity index (χ3v) is 8.46. The molecule has 2 aromatic rings. The van der Waals surface area contributed by atoms with Crippen LogP contribution in [0.15, 0.2) is 54.6 Å². The number of hydrogen-bond donors (Lipinski definition) is 1. The fourth-order valence-corrected chi connectivity index (χ4v) is 6.92. The molecule has 2 aromatic carbocycles. The van der Waals surface area contributed by atoms with Gasteiger partial charge >= 0.3 is 0 Å². The lowest BCUT2D eigenvalue weighted by Crippen LogP contribution is -2.45. The Balaban J connectivity index is 1.24. The lowest BCUT2D eigenvalue weighted by atomic mass is 9.74. The molecule has 0 radical (unpaired) electrons. The first-order valence-corrected chi connectivity index (χ1v) is 13.7. The maximum absolute atomic E-state index is 12.6. The predicted molar refractivity (Wildman–Crippen MR) is 134 cm³/mol. The van der Waals surface area contributed by atoms with Crippen molar-refractivity contribution in [3.63, 3.8) is 0 Å². The zero-order valence-electron chi connectivity index (χ0n) is 20.3. The Morgan fingerprint density at radius 1 is 1.03 bits per heavy atom. The monoisotopic (exact) mass is 485 g/mol. The van der Waals surface area contributed by atoms with E-state index in [1.54, 1.807) is 4.31 Å². The molecule has 0 unspecified atom stereocenters. The van der Waals surface area contributed by atoms with E-state index in [9.17, 15) is 13.2 Å². The van der Waals surface area contributed by atoms with Crippen LogP contribution in [-0.4, -0.2) is 61.5 Å². The minimum atomic E-state index is -3.23. The fourth-order valence-electron chi connectivity index (χ4n) is 5.45. The Kier molecular flexibility index (Phi) is 7.03. The molecular weight excluding hydrogens is 450 g/mol. The van der Waals surface area contributed by atoms with E-state index >= 15 is 0 Å². The van der Waals surface area contributed by atoms with Gasteiger partial charge in [-0.3, -0.25) is 9.69 Å². The summed E-state index contributed by atoms with van der Waals surface area (Å²) in [5.74, 6) is 0.712. The van der Waals surface area contributed by atoms with Crippen molar-refractivity contribution in [2.75, 3.05) is 37.8 Å². The summed E-state index contributed by atoms with van der Waals surface area (Å²) >= 11 is 0. The van der Waals surface area contributed by atoms with Gasteiger partial charge in [0.1, 0.15) is 12.4 Å². The van der Waals surface area contributed by atoms with Gasteiger partial charge in [-0.2, -0.15) is 4.31 Å². The molecule has 8 heteroatoms. The van der Waals surface area contributed by atoms with Crippen LogP contribution in [0, 0.1) is 5.41 Å². The van der Waals surface area contributed by atoms with Crippen LogP contribution in [0.5, 0.6) is 5.75 Å². The fraction of sp³-hybridized carbons (Fsp3) is 0.500. The SMILES string of the molecule is CC1(C)CC2(CCN(CC(=O)Nc3ccc(OCc4ccccc4)cc3)CC2)CN1S(C)(=O)=O. The largest absolute Gasteiger partial charge is 0.489 e. The molecule has 2 fully saturated rings. The number of piperidine rings is 1. The highest BCUT2D eigenvalue weighted by molar-refractivity contribution is 7.88. The Labute approximate surface area is 203 Å². The van der Waals surface area contributed by atoms with Gasteiger partial charge in [0.2, 0.25) is 15.9 Å². The van der Waals surface area contributed by atoms with E-state index in [4.69, 9.17) is 4.74 Å². The molecule has 184 valence electrons. The van der Waals surface area contributed by atoms with Crippen molar-refractivity contribution in [1.82, 2.24) is 9.21 Å². The molecule has 1 spiro atoms. The number of hydrogen-bond acceptors (Lipinski definition) is 5. The zero-order chi connectivity index (χ0) is 24.4. The standard InChI is InChI=1S/C26H35N3O4S/c1-25(2)19-26(20-29(25)34(3,31)32)13-15-28(16-14-26)17-24(30)27-22-9-11-23(12-10-22)33-18-21-7-5-4-6-8-21/h4-12H,13-20H2,1-3H3,(H,27,30). The quantitative estimate of drug-likeness (QED) is 0.647. The average Bonchev–Trinajstić information content (AvgIpc) is 3.06. The number of nitrogens with zero attached hydrogens (tertiary/aromatic N) is 2. The molecule has 0 aromatic heterocycles. The van der Waals surface area contributed by atoms with E-state index in [-0.39, 0.29) is 16.9 Å². The van der Waals surface area contributed by atoms with Crippen LogP contribution in [0.3, 0.4) is 0 Å². The summed E-state index contributed by atoms with van der Waals surface area (Å²) in [4.78, 5) is 14.8. The molecule has 2 heterocycles. The highest BCUT2D eigenvalue weighted by Gasteiger charge is 2.52. The van der Waals surface area contributed by atoms with Gasteiger partial charge in [0.25, 0.3) is 0 Å². The maximum Gasteiger partial charge on any atom is 0.238 e. The number of rotatable bonds is 7. The lowest BCUT2D eigenvalue weighted by molar-refractivity contribution is -0.117. The Morgan fingerprint density at radius 3 is 2.26 bits per heavy atom. The van der Waals surface area contributed by atoms with E-state index in [1.165, 1.54) is 6.26 Å². The minimum Gasteiger partial charge on any atom is -0.489 e. The van der Waals surface area contributed by atoms with E-state index in [2.05, 4.69) is 10.2 Å². The first-order valence-electron chi connectivity index (χ1n) is 11.8. The van der Waals surface area contributed by atoms with Crippen LogP contribution in [-0.2, 0) is 21.4 Å². The molecule has 0 bridgehead atoms. The van der Waals surface area contributed by atoms with E-state index in [0.717, 1.165) is 49.4 Å². The molecule has 1 amide bonds. The smallest absolute Gasteiger partial charge is 0.238 e. The Hall–Kier alpha value is -2.42. The molecule has 4 rings (SSSR count). The first-order chi connectivity index (χ1) is 16.0. The minimum absolute atomic E-state index is 0.00906. The number of carbonyl (C=O) groups is 1. The van der Waals surface area contributed by atoms with Gasteiger partial charge in [0, 0.05) is 17.8 Å². The van der Waals surface area contributed by atoms with Gasteiger partial charge in [-0.25, -0.2) is 8.42 Å². The molecule has 1 N–H and O–H groups in total. The summed E-state index contributed by atoms with van der Waals surface area (Å²) in [6, 6.07) is 17.4. The van der Waals surface area contributed by atoms with Crippen molar-refractivity contribution >= 4 is 21.6 Å². The summed E-state index contributed by atoms with van der Waals surface area (Å²) in [5.41, 5.74) is 1.50. The molecule has 2 aliphatic heterocycles. The van der Waals surface area contributed by atoms with Crippen molar-refractivity contribution in [2.45, 2.75) is 45.3 Å². The second kappa shape index (κ2) is 9.68. The van der Waals surface area contributed by atoms with E-state index in [1.807, 2.05) is 68.4 Å². The molecular formula is C26H35N3O4S. The van der Waals surface area contributed by atoms with Crippen molar-refractivity contribution in [1.29, 1.82) is 0 Å². The number of sulfonamides is 1. The summed E-state index contributed by atoms with van der Waals surface area (Å²) in [6.45, 7) is 7.04. The molecule has 7 nitrogen and oxygen atoms in total. The summed E-state index contributed by atoms with van der Waals surface area (Å²) in [6.07, 6.45) is 3.98. The maximum atomic E-state index is 12.6. The van der Waals surface area contributed by atoms with Crippen LogP contribution >= 0.6 is 0 Å². The van der Waals surface area contributed by atoms with Gasteiger partial charge in [-0.1, -0.05) is 30.3 Å². The third kappa shape index (κ3) is 5.98. The topological polar surface area (TPSA) is 79.0 Å². The van der Waals surface area contributed by atoms with E-state index < -0.39 is 10.0 Å². The number of nitrogens with one attached hydrogen (secondary N) is 1. The van der Waals surface area contributed by atoms with Gasteiger partial charge in [-0.05, 0) is 81.4 Å². The van der Waals surface area contributed by atoms with Crippen LogP contribution in [0.4, 0.5) is 5.69 Å². The van der Waals surface area contributed by atoms with Crippen LogP contribution in [0.2, 0.25) is 0 Å². The van der Waals surface area contributed by atoms with Crippen molar-refractivity contribution in [2.24, 2.45) is 5.41 Å². The first kappa shape index (κ1) is 24.7. The Bertz CT molecular complexity index is 1090. The van der Waals surface area contributed by atoms with Gasteiger partial charge in [0.05, 0.1) is 12.8 Å². The van der Waals surface area contributed by atoms with Gasteiger partial charge < -0.3 is 10.1 Å². The molecule has 34 heavy (non-hydrogen) atoms. The number of amides is 1. The number of benzene rings is 2. The molecule has 2 saturated heterocycles. The van der Waals surface area contributed by atoms with Crippen LogP contribution in [0.25, 0.3) is 0 Å². The highest BCUT2D eigenvalue weighted by atomic mass is 32.2. The second-order valence-corrected chi connectivity index (χ2v) is 12.3. The third-order valence-electron chi connectivity index (χ3n) is 7.03. The van der Waals surface area contributed by atoms with Crippen molar-refractivity contribution < 1.29 is 17.9 Å². The zero-order valence-corrected chi connectivity index (χ0v) is 21.1. The molecule has 0 aliphatic carbocycles. The molecule has 0 saturated carbocycles. The predicted octanol–water partition coefficient (Wildman–Crippen LogP) is 3.73. The number of carbonyl (C=O) groups excluding carboxylic acids is 1. The lowest BCUT2D eigenvalue weighted by Gasteiger charge is -2.39. The van der Waals surface area contributed by atoms with Crippen molar-refractivity contribution in [3.8, 4) is 5.75 Å². The second-order valence-electron chi connectivity index (χ2n) is 10.4. The summed E-state index contributed by atoms with van der Waals surface area (Å²) in [5, 5.41) is 2.97. The van der Waals surface area contributed by atoms with Gasteiger partial charge in [0.15, 0.2) is 0 Å². The average molecular weight is 486 g/mol. The van der Waals surface area contributed by atoms with Gasteiger partial charge in [-0.15, -0.1) is 0 Å².